The van der Waals surface area contributed by atoms with Crippen LogP contribution in [0.1, 0.15) is 22.6 Å². The Morgan fingerprint density at radius 1 is 1.00 bits per heavy atom. The van der Waals surface area contributed by atoms with E-state index in [0.717, 1.165) is 33.6 Å². The summed E-state index contributed by atoms with van der Waals surface area (Å²) in [4.78, 5) is 2.24. The molecule has 0 saturated carbocycles. The molecule has 5 rings (SSSR count). The number of benzene rings is 3. The van der Waals surface area contributed by atoms with E-state index in [9.17, 15) is 14.0 Å². The van der Waals surface area contributed by atoms with Crippen LogP contribution in [0.2, 0.25) is 0 Å². The number of nitrogens with zero attached hydrogens (tertiary/aromatic N) is 2. The van der Waals surface area contributed by atoms with Gasteiger partial charge in [0.05, 0.1) is 13.0 Å². The van der Waals surface area contributed by atoms with Gasteiger partial charge in [0.15, 0.2) is 0 Å². The minimum absolute atomic E-state index is 0.0317. The van der Waals surface area contributed by atoms with E-state index in [0.29, 0.717) is 25.4 Å². The molecule has 0 spiro atoms. The molecule has 0 radical (unpaired) electrons. The van der Waals surface area contributed by atoms with Gasteiger partial charge in [-0.05, 0) is 64.7 Å². The lowest BCUT2D eigenvalue weighted by Gasteiger charge is -2.38. The molecule has 2 heterocycles. The van der Waals surface area contributed by atoms with Crippen molar-refractivity contribution in [2.45, 2.75) is 12.5 Å². The van der Waals surface area contributed by atoms with E-state index in [1.54, 1.807) is 31.4 Å². The van der Waals surface area contributed by atoms with Crippen LogP contribution in [0.4, 0.5) is 8.78 Å². The number of hydrogen-bond donors (Lipinski definition) is 1. The van der Waals surface area contributed by atoms with Crippen LogP contribution >= 0.6 is 0 Å². The Balaban J connectivity index is 1.59. The molecule has 1 atom stereocenters. The summed E-state index contributed by atoms with van der Waals surface area (Å²) in [5.74, 6) is 0.251. The predicted molar refractivity (Wildman–Crippen MR) is 137 cm³/mol. The fourth-order valence-corrected chi connectivity index (χ4v) is 4.84. The molecule has 2 aliphatic rings. The summed E-state index contributed by atoms with van der Waals surface area (Å²) in [5.41, 5.74) is 10.9. The van der Waals surface area contributed by atoms with Gasteiger partial charge in [-0.15, -0.1) is 0 Å². The van der Waals surface area contributed by atoms with Gasteiger partial charge in [-0.1, -0.05) is 36.4 Å². The van der Waals surface area contributed by atoms with Gasteiger partial charge in [0, 0.05) is 25.2 Å². The van der Waals surface area contributed by atoms with Crippen LogP contribution in [-0.4, -0.2) is 25.1 Å². The number of rotatable bonds is 5. The monoisotopic (exact) mass is 497 g/mol. The third-order valence-electron chi connectivity index (χ3n) is 6.59. The summed E-state index contributed by atoms with van der Waals surface area (Å²) in [6, 6.07) is 22.4. The largest absolute Gasteiger partial charge is 0.497 e. The van der Waals surface area contributed by atoms with E-state index >= 15 is 0 Å². The van der Waals surface area contributed by atoms with Crippen molar-refractivity contribution in [2.24, 2.45) is 5.73 Å². The van der Waals surface area contributed by atoms with E-state index in [1.807, 2.05) is 30.3 Å². The molecule has 3 aromatic rings. The number of ether oxygens (including phenoxy) is 2. The maximum Gasteiger partial charge on any atom is 0.205 e. The van der Waals surface area contributed by atoms with Crippen LogP contribution in [0.25, 0.3) is 6.08 Å². The van der Waals surface area contributed by atoms with Gasteiger partial charge in [-0.25, -0.2) is 8.78 Å². The first-order valence-electron chi connectivity index (χ1n) is 11.8. The second kappa shape index (κ2) is 10.3. The first kappa shape index (κ1) is 24.3. The van der Waals surface area contributed by atoms with E-state index < -0.39 is 5.92 Å². The minimum atomic E-state index is -0.482. The average molecular weight is 498 g/mol. The van der Waals surface area contributed by atoms with Crippen LogP contribution in [-0.2, 0) is 11.3 Å². The molecule has 0 amide bonds. The molecule has 1 unspecified atom stereocenters. The van der Waals surface area contributed by atoms with Crippen molar-refractivity contribution < 1.29 is 18.3 Å². The smallest absolute Gasteiger partial charge is 0.205 e. The molecule has 186 valence electrons. The maximum atomic E-state index is 13.7. The topological polar surface area (TPSA) is 71.5 Å². The standard InChI is InChI=1S/C30H25F2N3O2/c1-36-25-12-4-20(5-13-25)16-35-17-22(14-19-2-8-23(31)9-3-19)29-27(18-35)28(26(15-33)30(34)37-29)21-6-10-24(32)11-7-21/h2-14,28H,16-18,34H2,1H3/b22-14-. The fraction of sp³-hybridized carbons (Fsp3) is 0.167. The number of methoxy groups -OCH3 is 1. The van der Waals surface area contributed by atoms with Crippen molar-refractivity contribution in [3.8, 4) is 11.8 Å². The fourth-order valence-electron chi connectivity index (χ4n) is 4.84. The summed E-state index contributed by atoms with van der Waals surface area (Å²) >= 11 is 0. The lowest BCUT2D eigenvalue weighted by molar-refractivity contribution is 0.230. The highest BCUT2D eigenvalue weighted by Crippen LogP contribution is 2.44. The second-order valence-corrected chi connectivity index (χ2v) is 9.05. The highest BCUT2D eigenvalue weighted by atomic mass is 19.1. The summed E-state index contributed by atoms with van der Waals surface area (Å²) in [6.07, 6.45) is 1.95. The summed E-state index contributed by atoms with van der Waals surface area (Å²) in [5, 5.41) is 9.98. The highest BCUT2D eigenvalue weighted by molar-refractivity contribution is 5.63. The molecular formula is C30H25F2N3O2. The normalized spacial score (nSPS) is 18.9. The third kappa shape index (κ3) is 5.11. The maximum absolute atomic E-state index is 13.7. The molecule has 7 heteroatoms. The molecule has 0 aromatic heterocycles. The Labute approximate surface area is 214 Å². The zero-order valence-electron chi connectivity index (χ0n) is 20.2. The molecule has 0 aliphatic carbocycles. The molecule has 0 saturated heterocycles. The van der Waals surface area contributed by atoms with Gasteiger partial charge < -0.3 is 15.2 Å². The number of nitrogens with two attached hydrogens (primary N) is 1. The number of nitriles is 1. The van der Waals surface area contributed by atoms with Crippen molar-refractivity contribution in [3.05, 3.63) is 129 Å². The molecule has 5 nitrogen and oxygen atoms in total. The summed E-state index contributed by atoms with van der Waals surface area (Å²) in [6.45, 7) is 1.70. The highest BCUT2D eigenvalue weighted by Gasteiger charge is 2.37. The van der Waals surface area contributed by atoms with Gasteiger partial charge in [-0.2, -0.15) is 5.26 Å². The summed E-state index contributed by atoms with van der Waals surface area (Å²) < 4.78 is 38.6. The number of allylic oxidation sites excluding steroid dienone is 1. The average Bonchev–Trinajstić information content (AvgIpc) is 2.91. The van der Waals surface area contributed by atoms with E-state index in [4.69, 9.17) is 15.2 Å². The van der Waals surface area contributed by atoms with Crippen LogP contribution in [0, 0.1) is 23.0 Å². The Morgan fingerprint density at radius 2 is 1.65 bits per heavy atom. The van der Waals surface area contributed by atoms with Crippen molar-refractivity contribution in [2.75, 3.05) is 20.2 Å². The van der Waals surface area contributed by atoms with Gasteiger partial charge in [0.2, 0.25) is 5.88 Å². The van der Waals surface area contributed by atoms with Gasteiger partial charge in [0.25, 0.3) is 0 Å². The molecule has 3 aromatic carbocycles. The first-order valence-corrected chi connectivity index (χ1v) is 11.8. The molecule has 2 N–H and O–H groups in total. The van der Waals surface area contributed by atoms with Crippen molar-refractivity contribution in [1.82, 2.24) is 4.90 Å². The second-order valence-electron chi connectivity index (χ2n) is 9.05. The molecule has 2 aliphatic heterocycles. The van der Waals surface area contributed by atoms with E-state index in [1.165, 1.54) is 24.3 Å². The van der Waals surface area contributed by atoms with Crippen molar-refractivity contribution in [3.63, 3.8) is 0 Å². The van der Waals surface area contributed by atoms with Crippen molar-refractivity contribution >= 4 is 6.08 Å². The molecule has 0 fully saturated rings. The minimum Gasteiger partial charge on any atom is -0.497 e. The van der Waals surface area contributed by atoms with Crippen LogP contribution in [0.5, 0.6) is 5.75 Å². The van der Waals surface area contributed by atoms with Crippen LogP contribution in [0.3, 0.4) is 0 Å². The lowest BCUT2D eigenvalue weighted by Crippen LogP contribution is -2.37. The molecule has 37 heavy (non-hydrogen) atoms. The summed E-state index contributed by atoms with van der Waals surface area (Å²) in [7, 11) is 1.63. The number of hydrogen-bond acceptors (Lipinski definition) is 5. The van der Waals surface area contributed by atoms with E-state index in [-0.39, 0.29) is 23.1 Å². The van der Waals surface area contributed by atoms with Crippen molar-refractivity contribution in [1.29, 1.82) is 5.26 Å². The third-order valence-corrected chi connectivity index (χ3v) is 6.59. The Hall–Kier alpha value is -4.41. The molecular weight excluding hydrogens is 472 g/mol. The zero-order chi connectivity index (χ0) is 25.9. The molecule has 0 bridgehead atoms. The Morgan fingerprint density at radius 3 is 2.27 bits per heavy atom. The zero-order valence-corrected chi connectivity index (χ0v) is 20.2. The van der Waals surface area contributed by atoms with Gasteiger partial charge >= 0.3 is 0 Å². The Bertz CT molecular complexity index is 1430. The van der Waals surface area contributed by atoms with Crippen LogP contribution < -0.4 is 10.5 Å². The quantitative estimate of drug-likeness (QED) is 0.494. The van der Waals surface area contributed by atoms with E-state index in [2.05, 4.69) is 11.0 Å². The SMILES string of the molecule is COc1ccc(CN2CC3=C(OC(N)=C(C#N)C3c3ccc(F)cc3)/C(=C\c3ccc(F)cc3)C2)cc1. The van der Waals surface area contributed by atoms with Gasteiger partial charge in [0.1, 0.15) is 34.8 Å². The van der Waals surface area contributed by atoms with Crippen LogP contribution in [0.15, 0.2) is 101 Å². The number of halogens is 2. The predicted octanol–water partition coefficient (Wildman–Crippen LogP) is 5.63. The first-order chi connectivity index (χ1) is 17.9. The Kier molecular flexibility index (Phi) is 6.76. The lowest BCUT2D eigenvalue weighted by atomic mass is 9.80. The van der Waals surface area contributed by atoms with Gasteiger partial charge in [-0.3, -0.25) is 4.90 Å².